The molecule has 2 unspecified atom stereocenters. The van der Waals surface area contributed by atoms with Crippen LogP contribution in [0, 0.1) is 11.3 Å². The third-order valence-corrected chi connectivity index (χ3v) is 4.26. The molecular formula is C16H17N3O2. The molecule has 2 heterocycles. The molecule has 0 spiro atoms. The molecule has 5 nitrogen and oxygen atoms in total. The van der Waals surface area contributed by atoms with Crippen molar-refractivity contribution in [1.29, 1.82) is 5.26 Å². The molecule has 1 aromatic carbocycles. The Morgan fingerprint density at radius 2 is 2.05 bits per heavy atom. The predicted molar refractivity (Wildman–Crippen MR) is 76.1 cm³/mol. The van der Waals surface area contributed by atoms with Gasteiger partial charge in [0.2, 0.25) is 11.8 Å². The number of fused-ring (bicyclic) bond motifs is 1. The second kappa shape index (κ2) is 5.57. The molecule has 108 valence electrons. The van der Waals surface area contributed by atoms with E-state index in [0.29, 0.717) is 6.54 Å². The van der Waals surface area contributed by atoms with Crippen molar-refractivity contribution >= 4 is 11.8 Å². The minimum Gasteiger partial charge on any atom is -0.330 e. The molecule has 0 aromatic heterocycles. The van der Waals surface area contributed by atoms with Crippen LogP contribution in [0.5, 0.6) is 0 Å². The monoisotopic (exact) mass is 283 g/mol. The van der Waals surface area contributed by atoms with Crippen LogP contribution >= 0.6 is 0 Å². The van der Waals surface area contributed by atoms with Gasteiger partial charge in [0.05, 0.1) is 18.5 Å². The van der Waals surface area contributed by atoms with Crippen LogP contribution in [0.15, 0.2) is 30.3 Å². The summed E-state index contributed by atoms with van der Waals surface area (Å²) in [5, 5.41) is 9.37. The zero-order chi connectivity index (χ0) is 14.8. The van der Waals surface area contributed by atoms with Gasteiger partial charge in [0.25, 0.3) is 0 Å². The molecule has 0 radical (unpaired) electrons. The number of benzene rings is 1. The van der Waals surface area contributed by atoms with Gasteiger partial charge in [-0.1, -0.05) is 30.3 Å². The molecule has 1 aromatic rings. The Balaban J connectivity index is 1.76. The number of nitrogens with zero attached hydrogens (tertiary/aromatic N) is 3. The SMILES string of the molecule is N#CC(CN1CC(=O)N2CCCC2C1=O)c1ccccc1. The van der Waals surface area contributed by atoms with E-state index >= 15 is 0 Å². The first kappa shape index (κ1) is 13.6. The lowest BCUT2D eigenvalue weighted by Gasteiger charge is -2.37. The molecule has 3 rings (SSSR count). The zero-order valence-electron chi connectivity index (χ0n) is 11.7. The molecule has 2 aliphatic rings. The third-order valence-electron chi connectivity index (χ3n) is 4.26. The number of rotatable bonds is 3. The predicted octanol–water partition coefficient (Wildman–Crippen LogP) is 1.13. The molecule has 0 N–H and O–H groups in total. The first-order valence-electron chi connectivity index (χ1n) is 7.23. The number of carbonyl (C=O) groups is 2. The molecule has 0 bridgehead atoms. The quantitative estimate of drug-likeness (QED) is 0.835. The number of hydrogen-bond acceptors (Lipinski definition) is 3. The maximum Gasteiger partial charge on any atom is 0.245 e. The molecule has 2 aliphatic heterocycles. The standard InChI is InChI=1S/C16H17N3O2/c17-9-13(12-5-2-1-3-6-12)10-18-11-15(20)19-8-4-7-14(19)16(18)21/h1-3,5-6,13-14H,4,7-8,10-11H2. The zero-order valence-corrected chi connectivity index (χ0v) is 11.7. The maximum atomic E-state index is 12.5. The summed E-state index contributed by atoms with van der Waals surface area (Å²) >= 11 is 0. The van der Waals surface area contributed by atoms with Gasteiger partial charge in [0, 0.05) is 13.1 Å². The van der Waals surface area contributed by atoms with Crippen LogP contribution in [-0.4, -0.2) is 47.3 Å². The van der Waals surface area contributed by atoms with Gasteiger partial charge in [-0.2, -0.15) is 5.26 Å². The third kappa shape index (κ3) is 2.49. The van der Waals surface area contributed by atoms with Crippen LogP contribution in [0.4, 0.5) is 0 Å². The Kier molecular flexibility index (Phi) is 3.61. The molecule has 0 saturated carbocycles. The van der Waals surface area contributed by atoms with Crippen LogP contribution in [0.2, 0.25) is 0 Å². The van der Waals surface area contributed by atoms with Gasteiger partial charge < -0.3 is 9.80 Å². The van der Waals surface area contributed by atoms with E-state index in [1.807, 2.05) is 30.3 Å². The molecule has 2 amide bonds. The van der Waals surface area contributed by atoms with Crippen molar-refractivity contribution < 1.29 is 9.59 Å². The molecule has 2 saturated heterocycles. The maximum absolute atomic E-state index is 12.5. The van der Waals surface area contributed by atoms with Gasteiger partial charge in [0.15, 0.2) is 0 Å². The Labute approximate surface area is 123 Å². The lowest BCUT2D eigenvalue weighted by atomic mass is 9.99. The fourth-order valence-electron chi connectivity index (χ4n) is 3.15. The minimum absolute atomic E-state index is 0.00171. The average molecular weight is 283 g/mol. The fraction of sp³-hybridized carbons (Fsp3) is 0.438. The summed E-state index contributed by atoms with van der Waals surface area (Å²) < 4.78 is 0. The Hall–Kier alpha value is -2.35. The highest BCUT2D eigenvalue weighted by Gasteiger charge is 2.42. The largest absolute Gasteiger partial charge is 0.330 e. The first-order chi connectivity index (χ1) is 10.2. The van der Waals surface area contributed by atoms with Crippen LogP contribution in [-0.2, 0) is 9.59 Å². The normalized spacial score (nSPS) is 22.9. The highest BCUT2D eigenvalue weighted by molar-refractivity contribution is 5.95. The van der Waals surface area contributed by atoms with E-state index in [4.69, 9.17) is 0 Å². The summed E-state index contributed by atoms with van der Waals surface area (Å²) in [7, 11) is 0. The number of carbonyl (C=O) groups excluding carboxylic acids is 2. The minimum atomic E-state index is -0.393. The van der Waals surface area contributed by atoms with Gasteiger partial charge in [-0.15, -0.1) is 0 Å². The summed E-state index contributed by atoms with van der Waals surface area (Å²) in [5.41, 5.74) is 0.883. The molecule has 0 aliphatic carbocycles. The smallest absolute Gasteiger partial charge is 0.245 e. The number of amides is 2. The van der Waals surface area contributed by atoms with Crippen molar-refractivity contribution in [2.75, 3.05) is 19.6 Å². The summed E-state index contributed by atoms with van der Waals surface area (Å²) in [6, 6.07) is 11.3. The lowest BCUT2D eigenvalue weighted by molar-refractivity contribution is -0.153. The molecule has 2 fully saturated rings. The highest BCUT2D eigenvalue weighted by atomic mass is 16.2. The second-order valence-corrected chi connectivity index (χ2v) is 5.56. The molecule has 21 heavy (non-hydrogen) atoms. The van der Waals surface area contributed by atoms with Gasteiger partial charge in [-0.05, 0) is 18.4 Å². The van der Waals surface area contributed by atoms with Gasteiger partial charge >= 0.3 is 0 Å². The Morgan fingerprint density at radius 1 is 1.29 bits per heavy atom. The van der Waals surface area contributed by atoms with Crippen molar-refractivity contribution in [2.24, 2.45) is 0 Å². The summed E-state index contributed by atoms with van der Waals surface area (Å²) in [4.78, 5) is 27.8. The van der Waals surface area contributed by atoms with Crippen LogP contribution in [0.3, 0.4) is 0 Å². The van der Waals surface area contributed by atoms with Crippen molar-refractivity contribution in [3.05, 3.63) is 35.9 Å². The van der Waals surface area contributed by atoms with Gasteiger partial charge in [-0.25, -0.2) is 0 Å². The first-order valence-corrected chi connectivity index (χ1v) is 7.23. The second-order valence-electron chi connectivity index (χ2n) is 5.56. The van der Waals surface area contributed by atoms with Crippen LogP contribution in [0.1, 0.15) is 24.3 Å². The van der Waals surface area contributed by atoms with Crippen molar-refractivity contribution in [3.63, 3.8) is 0 Å². The van der Waals surface area contributed by atoms with Crippen molar-refractivity contribution in [3.8, 4) is 6.07 Å². The number of nitriles is 1. The average Bonchev–Trinajstić information content (AvgIpc) is 3.00. The summed E-state index contributed by atoms with van der Waals surface area (Å²) in [6.07, 6.45) is 1.62. The Bertz CT molecular complexity index is 593. The van der Waals surface area contributed by atoms with E-state index in [1.54, 1.807) is 9.80 Å². The number of hydrogen-bond donors (Lipinski definition) is 0. The molecular weight excluding hydrogens is 266 g/mol. The lowest BCUT2D eigenvalue weighted by Crippen LogP contribution is -2.57. The summed E-state index contributed by atoms with van der Waals surface area (Å²) in [5.74, 6) is -0.402. The van der Waals surface area contributed by atoms with E-state index in [2.05, 4.69) is 6.07 Å². The van der Waals surface area contributed by atoms with Crippen molar-refractivity contribution in [1.82, 2.24) is 9.80 Å². The van der Waals surface area contributed by atoms with E-state index in [1.165, 1.54) is 0 Å². The highest BCUT2D eigenvalue weighted by Crippen LogP contribution is 2.25. The van der Waals surface area contributed by atoms with E-state index in [0.717, 1.165) is 18.4 Å². The van der Waals surface area contributed by atoms with Gasteiger partial charge in [0.1, 0.15) is 6.04 Å². The topological polar surface area (TPSA) is 64.4 Å². The van der Waals surface area contributed by atoms with Gasteiger partial charge in [-0.3, -0.25) is 9.59 Å². The van der Waals surface area contributed by atoms with E-state index in [9.17, 15) is 14.9 Å². The van der Waals surface area contributed by atoms with E-state index < -0.39 is 5.92 Å². The number of piperazine rings is 1. The molecule has 2 atom stereocenters. The fourth-order valence-corrected chi connectivity index (χ4v) is 3.15. The Morgan fingerprint density at radius 3 is 2.76 bits per heavy atom. The summed E-state index contributed by atoms with van der Waals surface area (Å²) in [6.45, 7) is 1.07. The van der Waals surface area contributed by atoms with Crippen molar-refractivity contribution in [2.45, 2.75) is 24.8 Å². The van der Waals surface area contributed by atoms with Crippen LogP contribution < -0.4 is 0 Å². The van der Waals surface area contributed by atoms with E-state index in [-0.39, 0.29) is 30.9 Å². The molecule has 5 heteroatoms. The van der Waals surface area contributed by atoms with Crippen LogP contribution in [0.25, 0.3) is 0 Å².